The first-order valence-corrected chi connectivity index (χ1v) is 17.9. The van der Waals surface area contributed by atoms with Crippen LogP contribution in [0.25, 0.3) is 22.1 Å². The predicted octanol–water partition coefficient (Wildman–Crippen LogP) is 9.82. The molecular formula is C33H40F8O5Si. The van der Waals surface area contributed by atoms with Gasteiger partial charge >= 0.3 is 37.9 Å². The van der Waals surface area contributed by atoms with Crippen LogP contribution in [0.1, 0.15) is 57.1 Å². The van der Waals surface area contributed by atoms with Gasteiger partial charge in [0.2, 0.25) is 0 Å². The van der Waals surface area contributed by atoms with Gasteiger partial charge in [-0.1, -0.05) is 44.9 Å². The summed E-state index contributed by atoms with van der Waals surface area (Å²) in [5.74, 6) is -24.1. The highest BCUT2D eigenvalue weighted by atomic mass is 28.4. The van der Waals surface area contributed by atoms with E-state index in [0.29, 0.717) is 22.9 Å². The fraction of sp³-hybridized carbons (Fsp3) is 0.545. The van der Waals surface area contributed by atoms with Crippen molar-refractivity contribution < 1.29 is 53.1 Å². The summed E-state index contributed by atoms with van der Waals surface area (Å²) in [6.07, 6.45) is 0.966. The lowest BCUT2D eigenvalue weighted by Gasteiger charge is -2.37. The molecule has 14 heteroatoms. The van der Waals surface area contributed by atoms with Crippen molar-refractivity contribution in [1.29, 1.82) is 0 Å². The normalized spacial score (nSPS) is 13.4. The molecule has 2 aromatic carbocycles. The van der Waals surface area contributed by atoms with Crippen LogP contribution in [-0.2, 0) is 21.7 Å². The van der Waals surface area contributed by atoms with Gasteiger partial charge in [-0.15, -0.1) is 0 Å². The Morgan fingerprint density at radius 2 is 1.43 bits per heavy atom. The lowest BCUT2D eigenvalue weighted by atomic mass is 9.94. The molecule has 47 heavy (non-hydrogen) atoms. The average Bonchev–Trinajstić information content (AvgIpc) is 3.03. The molecule has 0 aliphatic heterocycles. The number of rotatable bonds is 18. The SMILES string of the molecule is CCCCCc1ccc(-c2cc3ccc(OCCC(F)(F)C(F)(F)C(F)(F)C(F)(F)CC[Si](C)(OC)OC)cc3oc2=O)c(CC)c1. The monoisotopic (exact) mass is 696 g/mol. The van der Waals surface area contributed by atoms with Crippen LogP contribution in [0, 0.1) is 0 Å². The molecule has 0 spiro atoms. The highest BCUT2D eigenvalue weighted by molar-refractivity contribution is 6.65. The molecule has 0 aliphatic rings. The van der Waals surface area contributed by atoms with Crippen molar-refractivity contribution in [3.05, 3.63) is 64.0 Å². The lowest BCUT2D eigenvalue weighted by Crippen LogP contribution is -2.62. The third kappa shape index (κ3) is 8.37. The number of hydrogen-bond donors (Lipinski definition) is 0. The van der Waals surface area contributed by atoms with Crippen LogP contribution in [0.2, 0.25) is 12.6 Å². The first-order chi connectivity index (χ1) is 21.9. The Labute approximate surface area is 269 Å². The maximum Gasteiger partial charge on any atom is 0.378 e. The molecular weight excluding hydrogens is 656 g/mol. The predicted molar refractivity (Wildman–Crippen MR) is 165 cm³/mol. The fourth-order valence-electron chi connectivity index (χ4n) is 5.05. The first kappa shape index (κ1) is 38.5. The number of ether oxygens (including phenoxy) is 1. The summed E-state index contributed by atoms with van der Waals surface area (Å²) in [5.41, 5.74) is 2.43. The van der Waals surface area contributed by atoms with Crippen molar-refractivity contribution in [2.24, 2.45) is 0 Å². The zero-order chi connectivity index (χ0) is 35.3. The van der Waals surface area contributed by atoms with Crippen molar-refractivity contribution in [1.82, 2.24) is 0 Å². The number of benzene rings is 2. The van der Waals surface area contributed by atoms with E-state index < -0.39 is 63.4 Å². The Balaban J connectivity index is 1.74. The third-order valence-electron chi connectivity index (χ3n) is 8.37. The van der Waals surface area contributed by atoms with Crippen molar-refractivity contribution in [2.75, 3.05) is 20.8 Å². The van der Waals surface area contributed by atoms with E-state index in [-0.39, 0.29) is 11.3 Å². The van der Waals surface area contributed by atoms with Gasteiger partial charge in [-0.05, 0) is 66.7 Å². The van der Waals surface area contributed by atoms with Gasteiger partial charge in [0.15, 0.2) is 0 Å². The molecule has 262 valence electrons. The molecule has 5 nitrogen and oxygen atoms in total. The Morgan fingerprint density at radius 3 is 2.02 bits per heavy atom. The van der Waals surface area contributed by atoms with Gasteiger partial charge < -0.3 is 18.0 Å². The standard InChI is InChI=1S/C33H40F8O5Si/c1-6-8-9-10-22-11-14-26(23(7-2)19-22)27-20-24-12-13-25(21-28(24)46-29(27)42)45-17-15-30(34,35)32(38,39)33(40,41)31(36,37)16-18-47(5,43-3)44-4/h11-14,19-21H,6-10,15-18H2,1-5H3. The molecule has 0 amide bonds. The molecule has 0 radical (unpaired) electrons. The molecule has 0 saturated carbocycles. The minimum Gasteiger partial charge on any atom is -0.493 e. The van der Waals surface area contributed by atoms with Gasteiger partial charge in [-0.25, -0.2) is 4.79 Å². The summed E-state index contributed by atoms with van der Waals surface area (Å²) in [7, 11) is -1.25. The number of halogens is 8. The Hall–Kier alpha value is -2.97. The van der Waals surface area contributed by atoms with Crippen LogP contribution >= 0.6 is 0 Å². The molecule has 0 fully saturated rings. The van der Waals surface area contributed by atoms with Crippen LogP contribution in [-0.4, -0.2) is 53.1 Å². The zero-order valence-corrected chi connectivity index (χ0v) is 28.0. The van der Waals surface area contributed by atoms with Gasteiger partial charge in [0, 0.05) is 32.1 Å². The molecule has 0 unspecified atom stereocenters. The van der Waals surface area contributed by atoms with Crippen LogP contribution in [0.4, 0.5) is 35.1 Å². The number of alkyl halides is 8. The number of aryl methyl sites for hydroxylation is 2. The van der Waals surface area contributed by atoms with Gasteiger partial charge in [-0.2, -0.15) is 35.1 Å². The molecule has 0 atom stereocenters. The summed E-state index contributed by atoms with van der Waals surface area (Å²) in [4.78, 5) is 12.9. The number of fused-ring (bicyclic) bond motifs is 1. The van der Waals surface area contributed by atoms with Crippen molar-refractivity contribution in [3.8, 4) is 16.9 Å². The molecule has 3 aromatic rings. The van der Waals surface area contributed by atoms with Crippen LogP contribution < -0.4 is 10.4 Å². The number of hydrogen-bond acceptors (Lipinski definition) is 5. The van der Waals surface area contributed by atoms with E-state index in [1.54, 1.807) is 6.07 Å². The summed E-state index contributed by atoms with van der Waals surface area (Å²) >= 11 is 0. The molecule has 1 heterocycles. The second-order valence-electron chi connectivity index (χ2n) is 11.6. The largest absolute Gasteiger partial charge is 0.493 e. The molecule has 0 N–H and O–H groups in total. The van der Waals surface area contributed by atoms with Gasteiger partial charge in [0.05, 0.1) is 18.6 Å². The summed E-state index contributed by atoms with van der Waals surface area (Å²) in [6, 6.07) is 10.5. The second-order valence-corrected chi connectivity index (χ2v) is 15.2. The van der Waals surface area contributed by atoms with E-state index in [2.05, 4.69) is 13.0 Å². The van der Waals surface area contributed by atoms with Gasteiger partial charge in [0.1, 0.15) is 11.3 Å². The molecule has 1 aromatic heterocycles. The number of unbranched alkanes of at least 4 members (excludes halogenated alkanes) is 2. The maximum absolute atomic E-state index is 14.5. The van der Waals surface area contributed by atoms with E-state index >= 15 is 0 Å². The van der Waals surface area contributed by atoms with Gasteiger partial charge in [0.25, 0.3) is 0 Å². The molecule has 0 saturated heterocycles. The zero-order valence-electron chi connectivity index (χ0n) is 27.0. The van der Waals surface area contributed by atoms with Crippen molar-refractivity contribution in [2.45, 2.75) is 95.1 Å². The van der Waals surface area contributed by atoms with Crippen molar-refractivity contribution in [3.63, 3.8) is 0 Å². The highest BCUT2D eigenvalue weighted by Gasteiger charge is 2.79. The van der Waals surface area contributed by atoms with E-state index in [1.165, 1.54) is 18.7 Å². The minimum atomic E-state index is -6.43. The second kappa shape index (κ2) is 15.1. The van der Waals surface area contributed by atoms with Crippen LogP contribution in [0.5, 0.6) is 5.75 Å². The summed E-state index contributed by atoms with van der Waals surface area (Å²) < 4.78 is 136. The van der Waals surface area contributed by atoms with E-state index in [1.807, 2.05) is 19.1 Å². The highest BCUT2D eigenvalue weighted by Crippen LogP contribution is 2.55. The summed E-state index contributed by atoms with van der Waals surface area (Å²) in [5, 5.41) is 0.445. The topological polar surface area (TPSA) is 57.9 Å². The molecule has 3 rings (SSSR count). The Morgan fingerprint density at radius 1 is 0.787 bits per heavy atom. The maximum atomic E-state index is 14.5. The fourth-order valence-corrected chi connectivity index (χ4v) is 6.39. The van der Waals surface area contributed by atoms with Gasteiger partial charge in [-0.3, -0.25) is 0 Å². The Bertz CT molecular complexity index is 1560. The smallest absolute Gasteiger partial charge is 0.378 e. The lowest BCUT2D eigenvalue weighted by molar-refractivity contribution is -0.367. The first-order valence-electron chi connectivity index (χ1n) is 15.3. The quantitative estimate of drug-likeness (QED) is 0.0574. The molecule has 0 aliphatic carbocycles. The third-order valence-corrected chi connectivity index (χ3v) is 11.3. The Kier molecular flexibility index (Phi) is 12.3. The van der Waals surface area contributed by atoms with Crippen molar-refractivity contribution >= 4 is 19.5 Å². The van der Waals surface area contributed by atoms with E-state index in [9.17, 15) is 39.9 Å². The van der Waals surface area contributed by atoms with E-state index in [0.717, 1.165) is 57.1 Å². The van der Waals surface area contributed by atoms with Crippen LogP contribution in [0.15, 0.2) is 51.7 Å². The average molecular weight is 697 g/mol. The molecule has 0 bridgehead atoms. The minimum absolute atomic E-state index is 0.00332. The summed E-state index contributed by atoms with van der Waals surface area (Å²) in [6.45, 7) is 4.09. The van der Waals surface area contributed by atoms with Crippen LogP contribution in [0.3, 0.4) is 0 Å². The van der Waals surface area contributed by atoms with E-state index in [4.69, 9.17) is 18.0 Å².